The number of nitrogens with one attached hydrogen (secondary N) is 1. The summed E-state index contributed by atoms with van der Waals surface area (Å²) < 4.78 is 11.9. The maximum atomic E-state index is 11.7. The van der Waals surface area contributed by atoms with E-state index in [-0.39, 0.29) is 18.0 Å². The minimum atomic E-state index is -0.517. The quantitative estimate of drug-likeness (QED) is 0.322. The lowest BCUT2D eigenvalue weighted by Gasteiger charge is -2.34. The third-order valence-electron chi connectivity index (χ3n) is 6.43. The number of ether oxygens (including phenoxy) is 2. The maximum Gasteiger partial charge on any atom is 0.272 e. The Morgan fingerprint density at radius 2 is 1.53 bits per heavy atom. The van der Waals surface area contributed by atoms with E-state index in [0.29, 0.717) is 18.8 Å². The Labute approximate surface area is 201 Å². The molecular formula is C28H34N2O4. The first kappa shape index (κ1) is 24.2. The molecule has 0 aromatic heterocycles. The second-order valence-electron chi connectivity index (χ2n) is 8.81. The highest BCUT2D eigenvalue weighted by Gasteiger charge is 2.25. The van der Waals surface area contributed by atoms with Gasteiger partial charge in [-0.25, -0.2) is 0 Å². The van der Waals surface area contributed by atoms with Gasteiger partial charge in [0.05, 0.1) is 12.7 Å². The minimum absolute atomic E-state index is 0.0398. The van der Waals surface area contributed by atoms with Crippen molar-refractivity contribution in [1.82, 2.24) is 4.90 Å². The van der Waals surface area contributed by atoms with Crippen LogP contribution in [-0.4, -0.2) is 43.8 Å². The molecule has 0 radical (unpaired) electrons. The Hall–Kier alpha value is -2.96. The zero-order chi connectivity index (χ0) is 23.8. The largest absolute Gasteiger partial charge is 0.488 e. The second kappa shape index (κ2) is 12.0. The number of likely N-dealkylation sites (tertiary alicyclic amines) is 1. The van der Waals surface area contributed by atoms with E-state index < -0.39 is 10.9 Å². The molecular weight excluding hydrogens is 428 g/mol. The fourth-order valence-electron chi connectivity index (χ4n) is 4.55. The monoisotopic (exact) mass is 462 g/mol. The number of benzene rings is 2. The standard InChI is InChI=1S/C28H34N2O4/c1-2-33-28-24(25(31)26(28)32)29-17-9-10-18-30-19-15-23(16-20-30)34-27(21-11-5-3-6-12-21)22-13-7-4-8-14-22/h3-8,11-14,23,27,29H,2,9-10,15-20H2,1H3. The van der Waals surface area contributed by atoms with Crippen LogP contribution < -0.4 is 20.9 Å². The average Bonchev–Trinajstić information content (AvgIpc) is 2.90. The van der Waals surface area contributed by atoms with Crippen molar-refractivity contribution in [2.75, 3.05) is 38.1 Å². The van der Waals surface area contributed by atoms with Crippen molar-refractivity contribution < 1.29 is 9.47 Å². The Morgan fingerprint density at radius 1 is 0.912 bits per heavy atom. The van der Waals surface area contributed by atoms with Crippen LogP contribution in [0.25, 0.3) is 0 Å². The molecule has 1 fully saturated rings. The van der Waals surface area contributed by atoms with Crippen molar-refractivity contribution in [1.29, 1.82) is 0 Å². The first-order chi connectivity index (χ1) is 16.7. The van der Waals surface area contributed by atoms with Crippen LogP contribution in [0, 0.1) is 0 Å². The van der Waals surface area contributed by atoms with Gasteiger partial charge in [0.25, 0.3) is 10.9 Å². The summed E-state index contributed by atoms with van der Waals surface area (Å²) in [6.07, 6.45) is 4.22. The Bertz CT molecular complexity index is 1050. The van der Waals surface area contributed by atoms with Crippen LogP contribution in [0.2, 0.25) is 0 Å². The molecule has 6 heteroatoms. The third kappa shape index (κ3) is 5.93. The molecule has 0 amide bonds. The predicted octanol–water partition coefficient (Wildman–Crippen LogP) is 4.14. The van der Waals surface area contributed by atoms with Crippen molar-refractivity contribution in [2.24, 2.45) is 0 Å². The lowest BCUT2D eigenvalue weighted by molar-refractivity contribution is -0.0270. The lowest BCUT2D eigenvalue weighted by Crippen LogP contribution is -2.38. The van der Waals surface area contributed by atoms with Gasteiger partial charge in [-0.3, -0.25) is 9.59 Å². The molecule has 0 aliphatic carbocycles. The van der Waals surface area contributed by atoms with Gasteiger partial charge >= 0.3 is 0 Å². The second-order valence-corrected chi connectivity index (χ2v) is 8.81. The number of piperidine rings is 1. The summed E-state index contributed by atoms with van der Waals surface area (Å²) in [7, 11) is 0. The summed E-state index contributed by atoms with van der Waals surface area (Å²) in [6.45, 7) is 5.94. The summed E-state index contributed by atoms with van der Waals surface area (Å²) in [5, 5.41) is 3.08. The highest BCUT2D eigenvalue weighted by Crippen LogP contribution is 2.30. The molecule has 34 heavy (non-hydrogen) atoms. The van der Waals surface area contributed by atoms with Gasteiger partial charge in [0.1, 0.15) is 11.8 Å². The zero-order valence-corrected chi connectivity index (χ0v) is 19.9. The van der Waals surface area contributed by atoms with Crippen LogP contribution in [0.5, 0.6) is 5.75 Å². The summed E-state index contributed by atoms with van der Waals surface area (Å²) >= 11 is 0. The Morgan fingerprint density at radius 3 is 2.12 bits per heavy atom. The molecule has 6 nitrogen and oxygen atoms in total. The summed E-state index contributed by atoms with van der Waals surface area (Å²) in [6, 6.07) is 20.9. The van der Waals surface area contributed by atoms with Gasteiger partial charge in [0.2, 0.25) is 0 Å². The molecule has 1 saturated heterocycles. The minimum Gasteiger partial charge on any atom is -0.488 e. The maximum absolute atomic E-state index is 11.7. The fourth-order valence-corrected chi connectivity index (χ4v) is 4.55. The summed E-state index contributed by atoms with van der Waals surface area (Å²) in [5.41, 5.74) is 1.75. The van der Waals surface area contributed by atoms with Crippen molar-refractivity contribution in [2.45, 2.75) is 44.8 Å². The van der Waals surface area contributed by atoms with Crippen LogP contribution in [-0.2, 0) is 4.74 Å². The van der Waals surface area contributed by atoms with Gasteiger partial charge in [-0.2, -0.15) is 0 Å². The van der Waals surface area contributed by atoms with E-state index in [1.54, 1.807) is 6.92 Å². The molecule has 1 aliphatic heterocycles. The zero-order valence-electron chi connectivity index (χ0n) is 19.9. The van der Waals surface area contributed by atoms with Crippen molar-refractivity contribution in [3.05, 3.63) is 92.2 Å². The molecule has 1 N–H and O–H groups in total. The predicted molar refractivity (Wildman–Crippen MR) is 136 cm³/mol. The van der Waals surface area contributed by atoms with Crippen molar-refractivity contribution in [3.8, 4) is 5.75 Å². The first-order valence-corrected chi connectivity index (χ1v) is 12.3. The lowest BCUT2D eigenvalue weighted by atomic mass is 10.00. The number of nitrogens with zero attached hydrogens (tertiary/aromatic N) is 1. The van der Waals surface area contributed by atoms with Gasteiger partial charge in [-0.1, -0.05) is 60.7 Å². The highest BCUT2D eigenvalue weighted by atomic mass is 16.5. The van der Waals surface area contributed by atoms with E-state index in [1.807, 2.05) is 12.1 Å². The molecule has 0 saturated carbocycles. The van der Waals surface area contributed by atoms with E-state index in [0.717, 1.165) is 45.3 Å². The van der Waals surface area contributed by atoms with Crippen LogP contribution >= 0.6 is 0 Å². The molecule has 0 unspecified atom stereocenters. The highest BCUT2D eigenvalue weighted by molar-refractivity contribution is 5.61. The third-order valence-corrected chi connectivity index (χ3v) is 6.43. The van der Waals surface area contributed by atoms with E-state index in [9.17, 15) is 9.59 Å². The fraction of sp³-hybridized carbons (Fsp3) is 0.429. The van der Waals surface area contributed by atoms with Gasteiger partial charge in [0.15, 0.2) is 5.75 Å². The van der Waals surface area contributed by atoms with Crippen molar-refractivity contribution >= 4 is 5.69 Å². The van der Waals surface area contributed by atoms with Gasteiger partial charge in [0, 0.05) is 19.6 Å². The average molecular weight is 463 g/mol. The molecule has 3 aromatic rings. The molecule has 1 heterocycles. The Kier molecular flexibility index (Phi) is 8.50. The summed E-state index contributed by atoms with van der Waals surface area (Å²) in [5.74, 6) is 0.193. The Balaban J connectivity index is 1.19. The smallest absolute Gasteiger partial charge is 0.272 e. The van der Waals surface area contributed by atoms with Gasteiger partial charge in [-0.15, -0.1) is 0 Å². The molecule has 1 aliphatic rings. The first-order valence-electron chi connectivity index (χ1n) is 12.3. The number of rotatable bonds is 12. The van der Waals surface area contributed by atoms with E-state index in [2.05, 4.69) is 58.7 Å². The van der Waals surface area contributed by atoms with Crippen LogP contribution in [0.4, 0.5) is 5.69 Å². The normalized spacial score (nSPS) is 15.1. The number of hydrogen-bond donors (Lipinski definition) is 1. The van der Waals surface area contributed by atoms with Crippen LogP contribution in [0.1, 0.15) is 49.8 Å². The summed E-state index contributed by atoms with van der Waals surface area (Å²) in [4.78, 5) is 25.7. The number of anilines is 1. The van der Waals surface area contributed by atoms with Gasteiger partial charge in [-0.05, 0) is 50.3 Å². The van der Waals surface area contributed by atoms with Gasteiger partial charge < -0.3 is 19.7 Å². The molecule has 4 rings (SSSR count). The molecule has 3 aromatic carbocycles. The molecule has 0 bridgehead atoms. The number of unbranched alkanes of at least 4 members (excludes halogenated alkanes) is 1. The molecule has 0 atom stereocenters. The van der Waals surface area contributed by atoms with Crippen molar-refractivity contribution in [3.63, 3.8) is 0 Å². The molecule has 180 valence electrons. The van der Waals surface area contributed by atoms with E-state index >= 15 is 0 Å². The SMILES string of the molecule is CCOc1c(NCCCCN2CCC(OC(c3ccccc3)c3ccccc3)CC2)c(=O)c1=O. The van der Waals surface area contributed by atoms with Crippen LogP contribution in [0.3, 0.4) is 0 Å². The topological polar surface area (TPSA) is 67.9 Å². The van der Waals surface area contributed by atoms with Crippen LogP contribution in [0.15, 0.2) is 70.3 Å². The number of hydrogen-bond acceptors (Lipinski definition) is 6. The van der Waals surface area contributed by atoms with E-state index in [1.165, 1.54) is 11.1 Å². The van der Waals surface area contributed by atoms with E-state index in [4.69, 9.17) is 9.47 Å². The molecule has 0 spiro atoms.